The maximum absolute atomic E-state index is 12.7. The summed E-state index contributed by atoms with van der Waals surface area (Å²) in [5.74, 6) is 0.951. The van der Waals surface area contributed by atoms with E-state index < -0.39 is 10.0 Å². The number of aryl methyl sites for hydroxylation is 2. The second kappa shape index (κ2) is 4.32. The highest BCUT2D eigenvalue weighted by atomic mass is 32.2. The normalized spacial score (nSPS) is 34.5. The second-order valence-electron chi connectivity index (χ2n) is 7.44. The van der Waals surface area contributed by atoms with Crippen molar-refractivity contribution in [2.75, 3.05) is 0 Å². The average Bonchev–Trinajstić information content (AvgIpc) is 2.87. The first kappa shape index (κ1) is 15.0. The van der Waals surface area contributed by atoms with E-state index in [4.69, 9.17) is 4.52 Å². The molecule has 0 spiro atoms. The van der Waals surface area contributed by atoms with Crippen LogP contribution in [0, 0.1) is 30.6 Å². The predicted molar refractivity (Wildman–Crippen MR) is 79.3 cm³/mol. The van der Waals surface area contributed by atoms with Gasteiger partial charge in [-0.2, -0.15) is 0 Å². The van der Waals surface area contributed by atoms with E-state index in [1.54, 1.807) is 13.8 Å². The van der Waals surface area contributed by atoms with Gasteiger partial charge >= 0.3 is 0 Å². The lowest BCUT2D eigenvalue weighted by Crippen LogP contribution is -2.46. The van der Waals surface area contributed by atoms with Crippen molar-refractivity contribution < 1.29 is 12.9 Å². The molecule has 0 unspecified atom stereocenters. The highest BCUT2D eigenvalue weighted by Gasteiger charge is 2.62. The standard InChI is InChI=1S/C15H24N2O3S/c1-9-13(10(2)20-16-9)21(18,19)17-12-8-11-6-7-15(12,5)14(11,3)4/h11-12,17H,6-8H2,1-5H3/t11-,12+,15+/m1/s1. The molecule has 6 heteroatoms. The Bertz CT molecular complexity index is 658. The zero-order valence-corrected chi connectivity index (χ0v) is 14.2. The molecule has 1 aromatic heterocycles. The molecular weight excluding hydrogens is 288 g/mol. The predicted octanol–water partition coefficient (Wildman–Crippen LogP) is 2.78. The fraction of sp³-hybridized carbons (Fsp3) is 0.800. The first-order valence-corrected chi connectivity index (χ1v) is 9.03. The van der Waals surface area contributed by atoms with Crippen LogP contribution in [0.1, 0.15) is 51.5 Å². The van der Waals surface area contributed by atoms with E-state index in [0.717, 1.165) is 12.8 Å². The van der Waals surface area contributed by atoms with Gasteiger partial charge in [0.2, 0.25) is 10.0 Å². The topological polar surface area (TPSA) is 72.2 Å². The molecule has 1 heterocycles. The first-order chi connectivity index (χ1) is 9.59. The van der Waals surface area contributed by atoms with E-state index >= 15 is 0 Å². The van der Waals surface area contributed by atoms with Crippen LogP contribution in [0.5, 0.6) is 0 Å². The minimum absolute atomic E-state index is 0.00931. The summed E-state index contributed by atoms with van der Waals surface area (Å²) in [5.41, 5.74) is 0.621. The van der Waals surface area contributed by atoms with Gasteiger partial charge in [-0.25, -0.2) is 13.1 Å². The van der Waals surface area contributed by atoms with Gasteiger partial charge in [-0.1, -0.05) is 25.9 Å². The van der Waals surface area contributed by atoms with Crippen LogP contribution in [0.2, 0.25) is 0 Å². The number of sulfonamides is 1. The van der Waals surface area contributed by atoms with Crippen LogP contribution in [-0.4, -0.2) is 19.6 Å². The fourth-order valence-electron chi connectivity index (χ4n) is 4.49. The maximum Gasteiger partial charge on any atom is 0.246 e. The third-order valence-electron chi connectivity index (χ3n) is 6.33. The van der Waals surface area contributed by atoms with Gasteiger partial charge in [-0.3, -0.25) is 0 Å². The molecule has 2 bridgehead atoms. The summed E-state index contributed by atoms with van der Waals surface area (Å²) in [7, 11) is -3.58. The number of nitrogens with one attached hydrogen (secondary N) is 1. The number of aromatic nitrogens is 1. The molecular formula is C15H24N2O3S. The van der Waals surface area contributed by atoms with E-state index in [0.29, 0.717) is 17.4 Å². The second-order valence-corrected chi connectivity index (χ2v) is 9.09. The summed E-state index contributed by atoms with van der Waals surface area (Å²) in [6, 6.07) is -0.00931. The third kappa shape index (κ3) is 1.91. The fourth-order valence-corrected chi connectivity index (χ4v) is 6.18. The SMILES string of the molecule is Cc1noc(C)c1S(=O)(=O)N[C@H]1C[C@H]2CC[C@]1(C)C2(C)C. The van der Waals surface area contributed by atoms with Gasteiger partial charge in [0.15, 0.2) is 5.76 Å². The largest absolute Gasteiger partial charge is 0.360 e. The minimum atomic E-state index is -3.58. The molecule has 0 aliphatic heterocycles. The van der Waals surface area contributed by atoms with Crippen molar-refractivity contribution in [3.63, 3.8) is 0 Å². The lowest BCUT2D eigenvalue weighted by Gasteiger charge is -2.39. The Labute approximate surface area is 126 Å². The highest BCUT2D eigenvalue weighted by molar-refractivity contribution is 7.89. The summed E-state index contributed by atoms with van der Waals surface area (Å²) >= 11 is 0. The monoisotopic (exact) mass is 312 g/mol. The molecule has 2 aliphatic rings. The number of nitrogens with zero attached hydrogens (tertiary/aromatic N) is 1. The minimum Gasteiger partial charge on any atom is -0.360 e. The molecule has 0 radical (unpaired) electrons. The summed E-state index contributed by atoms with van der Waals surface area (Å²) in [5, 5.41) is 3.76. The summed E-state index contributed by atoms with van der Waals surface area (Å²) in [4.78, 5) is 0.201. The molecule has 5 nitrogen and oxygen atoms in total. The first-order valence-electron chi connectivity index (χ1n) is 7.55. The Morgan fingerprint density at radius 2 is 1.95 bits per heavy atom. The van der Waals surface area contributed by atoms with Crippen molar-refractivity contribution in [2.24, 2.45) is 16.7 Å². The van der Waals surface area contributed by atoms with Crippen LogP contribution in [0.25, 0.3) is 0 Å². The van der Waals surface area contributed by atoms with Crippen molar-refractivity contribution in [1.29, 1.82) is 0 Å². The van der Waals surface area contributed by atoms with Crippen LogP contribution in [0.3, 0.4) is 0 Å². The molecule has 1 aromatic rings. The van der Waals surface area contributed by atoms with Crippen molar-refractivity contribution in [2.45, 2.75) is 64.8 Å². The van der Waals surface area contributed by atoms with Crippen LogP contribution in [0.4, 0.5) is 0 Å². The molecule has 3 rings (SSSR count). The van der Waals surface area contributed by atoms with Crippen LogP contribution >= 0.6 is 0 Å². The van der Waals surface area contributed by atoms with Gasteiger partial charge in [0.05, 0.1) is 0 Å². The molecule has 0 amide bonds. The van der Waals surface area contributed by atoms with Gasteiger partial charge in [-0.15, -0.1) is 0 Å². The van der Waals surface area contributed by atoms with E-state index in [1.165, 1.54) is 6.42 Å². The highest BCUT2D eigenvalue weighted by Crippen LogP contribution is 2.65. The average molecular weight is 312 g/mol. The van der Waals surface area contributed by atoms with Gasteiger partial charge < -0.3 is 4.52 Å². The molecule has 2 aliphatic carbocycles. The van der Waals surface area contributed by atoms with Gasteiger partial charge in [0.25, 0.3) is 0 Å². The maximum atomic E-state index is 12.7. The number of rotatable bonds is 3. The van der Waals surface area contributed by atoms with Crippen LogP contribution in [0.15, 0.2) is 9.42 Å². The number of hydrogen-bond acceptors (Lipinski definition) is 4. The Kier molecular flexibility index (Phi) is 3.09. The quantitative estimate of drug-likeness (QED) is 0.931. The molecule has 0 aromatic carbocycles. The molecule has 3 atom stereocenters. The molecule has 1 N–H and O–H groups in total. The molecule has 21 heavy (non-hydrogen) atoms. The summed E-state index contributed by atoms with van der Waals surface area (Å²) in [6.07, 6.45) is 3.21. The van der Waals surface area contributed by atoms with Crippen molar-refractivity contribution in [3.8, 4) is 0 Å². The van der Waals surface area contributed by atoms with E-state index in [-0.39, 0.29) is 21.8 Å². The van der Waals surface area contributed by atoms with Crippen molar-refractivity contribution >= 4 is 10.0 Å². The zero-order valence-electron chi connectivity index (χ0n) is 13.4. The van der Waals surface area contributed by atoms with Crippen LogP contribution < -0.4 is 4.72 Å². The smallest absolute Gasteiger partial charge is 0.246 e. The van der Waals surface area contributed by atoms with Crippen LogP contribution in [-0.2, 0) is 10.0 Å². The Hall–Kier alpha value is -0.880. The molecule has 2 saturated carbocycles. The van der Waals surface area contributed by atoms with Gasteiger partial charge in [0, 0.05) is 6.04 Å². The Balaban J connectivity index is 1.92. The Morgan fingerprint density at radius 3 is 2.38 bits per heavy atom. The zero-order chi connectivity index (χ0) is 15.6. The lowest BCUT2D eigenvalue weighted by atomic mass is 9.69. The summed E-state index contributed by atoms with van der Waals surface area (Å²) in [6.45, 7) is 10.1. The third-order valence-corrected chi connectivity index (χ3v) is 8.04. The number of fused-ring (bicyclic) bond motifs is 2. The van der Waals surface area contributed by atoms with Crippen molar-refractivity contribution in [1.82, 2.24) is 9.88 Å². The van der Waals surface area contributed by atoms with E-state index in [2.05, 4.69) is 30.6 Å². The van der Waals surface area contributed by atoms with E-state index in [9.17, 15) is 8.42 Å². The van der Waals surface area contributed by atoms with Gasteiger partial charge in [0.1, 0.15) is 10.6 Å². The summed E-state index contributed by atoms with van der Waals surface area (Å²) < 4.78 is 33.4. The molecule has 118 valence electrons. The van der Waals surface area contributed by atoms with Gasteiger partial charge in [-0.05, 0) is 49.9 Å². The number of hydrogen-bond donors (Lipinski definition) is 1. The molecule has 2 fully saturated rings. The van der Waals surface area contributed by atoms with E-state index in [1.807, 2.05) is 0 Å². The Morgan fingerprint density at radius 1 is 1.29 bits per heavy atom. The lowest BCUT2D eigenvalue weighted by molar-refractivity contribution is 0.130. The van der Waals surface area contributed by atoms with Crippen molar-refractivity contribution in [3.05, 3.63) is 11.5 Å². The molecule has 0 saturated heterocycles.